The van der Waals surface area contributed by atoms with Crippen LogP contribution in [0.1, 0.15) is 21.5 Å². The van der Waals surface area contributed by atoms with Gasteiger partial charge in [-0.2, -0.15) is 10.4 Å². The van der Waals surface area contributed by atoms with Crippen LogP contribution in [-0.2, 0) is 0 Å². The van der Waals surface area contributed by atoms with Crippen LogP contribution in [0.3, 0.4) is 0 Å². The molecule has 30 heavy (non-hydrogen) atoms. The zero-order valence-corrected chi connectivity index (χ0v) is 16.9. The molecule has 0 atom stereocenters. The number of carbonyl (C=O) groups excluding carboxylic acids is 1. The highest BCUT2D eigenvalue weighted by Gasteiger charge is 2.12. The molecule has 0 saturated carbocycles. The van der Waals surface area contributed by atoms with Crippen LogP contribution in [-0.4, -0.2) is 17.0 Å². The van der Waals surface area contributed by atoms with Crippen LogP contribution in [0.2, 0.25) is 0 Å². The Morgan fingerprint density at radius 3 is 2.57 bits per heavy atom. The normalized spacial score (nSPS) is 10.4. The number of nitro groups is 1. The molecular weight excluding hydrogens is 452 g/mol. The second-order valence-electron chi connectivity index (χ2n) is 5.90. The lowest BCUT2D eigenvalue weighted by Gasteiger charge is -2.07. The second-order valence-corrected chi connectivity index (χ2v) is 6.75. The van der Waals surface area contributed by atoms with E-state index in [4.69, 9.17) is 4.74 Å². The van der Waals surface area contributed by atoms with Crippen molar-refractivity contribution in [2.45, 2.75) is 0 Å². The number of hydrogen-bond donors (Lipinski definition) is 1. The molecule has 3 aromatic rings. The lowest BCUT2D eigenvalue weighted by molar-refractivity contribution is -0.384. The van der Waals surface area contributed by atoms with Crippen molar-refractivity contribution in [2.24, 2.45) is 5.10 Å². The van der Waals surface area contributed by atoms with Crippen molar-refractivity contribution in [1.82, 2.24) is 5.43 Å². The summed E-state index contributed by atoms with van der Waals surface area (Å²) in [5, 5.41) is 23.9. The third kappa shape index (κ3) is 5.06. The highest BCUT2D eigenvalue weighted by molar-refractivity contribution is 9.10. The predicted octanol–water partition coefficient (Wildman–Crippen LogP) is 4.79. The number of non-ortho nitro benzene ring substituents is 1. The predicted molar refractivity (Wildman–Crippen MR) is 114 cm³/mol. The molecule has 148 valence electrons. The molecule has 0 spiro atoms. The number of halogens is 1. The average Bonchev–Trinajstić information content (AvgIpc) is 2.75. The summed E-state index contributed by atoms with van der Waals surface area (Å²) in [5.41, 5.74) is 3.50. The molecule has 0 aliphatic rings. The van der Waals surface area contributed by atoms with E-state index in [0.29, 0.717) is 21.3 Å². The maximum atomic E-state index is 12.1. The molecule has 0 fully saturated rings. The van der Waals surface area contributed by atoms with Gasteiger partial charge in [0.15, 0.2) is 0 Å². The van der Waals surface area contributed by atoms with Gasteiger partial charge in [-0.05, 0) is 64.0 Å². The first kappa shape index (κ1) is 20.7. The molecule has 0 bridgehead atoms. The number of rotatable bonds is 6. The second kappa shape index (κ2) is 9.45. The number of nitriles is 1. The fourth-order valence-corrected chi connectivity index (χ4v) is 2.89. The van der Waals surface area contributed by atoms with Gasteiger partial charge in [-0.25, -0.2) is 5.43 Å². The Hall–Kier alpha value is -4.03. The van der Waals surface area contributed by atoms with E-state index in [1.165, 1.54) is 18.3 Å². The number of hydrazone groups is 1. The van der Waals surface area contributed by atoms with Crippen molar-refractivity contribution >= 4 is 33.7 Å². The minimum atomic E-state index is -0.575. The summed E-state index contributed by atoms with van der Waals surface area (Å²) >= 11 is 3.31. The van der Waals surface area contributed by atoms with Gasteiger partial charge < -0.3 is 4.74 Å². The summed E-state index contributed by atoms with van der Waals surface area (Å²) in [7, 11) is 0. The molecule has 0 radical (unpaired) electrons. The Labute approximate surface area is 179 Å². The van der Waals surface area contributed by atoms with Gasteiger partial charge in [0.2, 0.25) is 0 Å². The molecule has 1 N–H and O–H groups in total. The monoisotopic (exact) mass is 464 g/mol. The molecule has 0 aliphatic carbocycles. The van der Waals surface area contributed by atoms with E-state index in [9.17, 15) is 20.2 Å². The maximum Gasteiger partial charge on any atom is 0.272 e. The van der Waals surface area contributed by atoms with Crippen LogP contribution in [0.4, 0.5) is 5.69 Å². The average molecular weight is 465 g/mol. The van der Waals surface area contributed by atoms with Crippen molar-refractivity contribution in [1.29, 1.82) is 5.26 Å². The summed E-state index contributed by atoms with van der Waals surface area (Å²) < 4.78 is 6.31. The van der Waals surface area contributed by atoms with E-state index in [2.05, 4.69) is 26.5 Å². The van der Waals surface area contributed by atoms with Crippen LogP contribution in [0.15, 0.2) is 76.3 Å². The minimum Gasteiger partial charge on any atom is -0.456 e. The van der Waals surface area contributed by atoms with E-state index in [1.54, 1.807) is 42.5 Å². The molecule has 1 amide bonds. The molecular formula is C21H13BrN4O4. The number of carbonyl (C=O) groups is 1. The minimum absolute atomic E-state index is 0.0598. The third-order valence-electron chi connectivity index (χ3n) is 3.90. The first-order chi connectivity index (χ1) is 14.5. The van der Waals surface area contributed by atoms with Gasteiger partial charge in [0, 0.05) is 16.6 Å². The largest absolute Gasteiger partial charge is 0.456 e. The molecule has 0 aliphatic heterocycles. The lowest BCUT2D eigenvalue weighted by atomic mass is 10.2. The first-order valence-electron chi connectivity index (χ1n) is 8.52. The van der Waals surface area contributed by atoms with E-state index >= 15 is 0 Å². The lowest BCUT2D eigenvalue weighted by Crippen LogP contribution is -2.18. The zero-order chi connectivity index (χ0) is 21.5. The molecule has 0 saturated heterocycles. The molecule has 0 aromatic heterocycles. The highest BCUT2D eigenvalue weighted by Crippen LogP contribution is 2.28. The number of benzene rings is 3. The number of nitrogens with zero attached hydrogens (tertiary/aromatic N) is 3. The quantitative estimate of drug-likeness (QED) is 0.319. The van der Waals surface area contributed by atoms with Gasteiger partial charge in [0.25, 0.3) is 11.6 Å². The summed E-state index contributed by atoms with van der Waals surface area (Å²) in [6.07, 6.45) is 1.48. The van der Waals surface area contributed by atoms with Crippen molar-refractivity contribution in [3.05, 3.63) is 98.0 Å². The summed E-state index contributed by atoms with van der Waals surface area (Å²) in [6.45, 7) is 0. The fourth-order valence-electron chi connectivity index (χ4n) is 2.43. The van der Waals surface area contributed by atoms with Crippen LogP contribution in [0.5, 0.6) is 11.5 Å². The number of nitro benzene ring substituents is 1. The number of nitrogens with one attached hydrogen (secondary N) is 1. The van der Waals surface area contributed by atoms with E-state index in [0.717, 1.165) is 6.07 Å². The summed E-state index contributed by atoms with van der Waals surface area (Å²) in [6, 6.07) is 19.4. The van der Waals surface area contributed by atoms with Crippen molar-refractivity contribution in [3.63, 3.8) is 0 Å². The number of amides is 1. The Kier molecular flexibility index (Phi) is 6.52. The van der Waals surface area contributed by atoms with Crippen molar-refractivity contribution in [2.75, 3.05) is 0 Å². The third-order valence-corrected chi connectivity index (χ3v) is 4.59. The fraction of sp³-hybridized carbons (Fsp3) is 0. The van der Waals surface area contributed by atoms with Crippen molar-refractivity contribution < 1.29 is 14.5 Å². The van der Waals surface area contributed by atoms with Crippen LogP contribution < -0.4 is 10.2 Å². The molecule has 0 unspecified atom stereocenters. The SMILES string of the molecule is N#Cc1cc([N+](=O)[O-])ccc1Oc1ccc(/C=N\NC(=O)c2ccccc2Br)cc1. The van der Waals surface area contributed by atoms with Crippen LogP contribution >= 0.6 is 15.9 Å². The maximum absolute atomic E-state index is 12.1. The Bertz CT molecular complexity index is 1170. The smallest absolute Gasteiger partial charge is 0.272 e. The summed E-state index contributed by atoms with van der Waals surface area (Å²) in [4.78, 5) is 22.3. The molecule has 9 heteroatoms. The van der Waals surface area contributed by atoms with E-state index in [1.807, 2.05) is 12.1 Å². The molecule has 3 aromatic carbocycles. The van der Waals surface area contributed by atoms with Crippen molar-refractivity contribution in [3.8, 4) is 17.6 Å². The van der Waals surface area contributed by atoms with Gasteiger partial charge >= 0.3 is 0 Å². The van der Waals surface area contributed by atoms with Gasteiger partial charge in [-0.3, -0.25) is 14.9 Å². The van der Waals surface area contributed by atoms with E-state index < -0.39 is 4.92 Å². The van der Waals surface area contributed by atoms with E-state index in [-0.39, 0.29) is 22.9 Å². The van der Waals surface area contributed by atoms with Gasteiger partial charge in [0.1, 0.15) is 23.1 Å². The molecule has 8 nitrogen and oxygen atoms in total. The molecule has 0 heterocycles. The van der Waals surface area contributed by atoms with Gasteiger partial charge in [-0.15, -0.1) is 0 Å². The Balaban J connectivity index is 1.65. The topological polar surface area (TPSA) is 118 Å². The number of ether oxygens (including phenoxy) is 1. The first-order valence-corrected chi connectivity index (χ1v) is 9.31. The van der Waals surface area contributed by atoms with Gasteiger partial charge in [-0.1, -0.05) is 12.1 Å². The zero-order valence-electron chi connectivity index (χ0n) is 15.3. The van der Waals surface area contributed by atoms with Crippen LogP contribution in [0.25, 0.3) is 0 Å². The number of hydrogen-bond acceptors (Lipinski definition) is 6. The highest BCUT2D eigenvalue weighted by atomic mass is 79.9. The summed E-state index contributed by atoms with van der Waals surface area (Å²) in [5.74, 6) is 0.306. The Morgan fingerprint density at radius 1 is 1.17 bits per heavy atom. The Morgan fingerprint density at radius 2 is 1.90 bits per heavy atom. The standard InChI is InChI=1S/C21H13BrN4O4/c22-19-4-2-1-3-18(19)21(27)25-24-13-14-5-8-17(9-6-14)30-20-10-7-16(26(28)29)11-15(20)12-23/h1-11,13H,(H,25,27)/b24-13-. The van der Waals surface area contributed by atoms with Gasteiger partial charge in [0.05, 0.1) is 16.7 Å². The molecule has 3 rings (SSSR count). The van der Waals surface area contributed by atoms with Crippen LogP contribution in [0, 0.1) is 21.4 Å².